The van der Waals surface area contributed by atoms with E-state index in [4.69, 9.17) is 4.42 Å². The highest BCUT2D eigenvalue weighted by Gasteiger charge is 2.05. The van der Waals surface area contributed by atoms with Crippen molar-refractivity contribution in [3.8, 4) is 0 Å². The van der Waals surface area contributed by atoms with E-state index >= 15 is 0 Å². The van der Waals surface area contributed by atoms with Gasteiger partial charge in [0.25, 0.3) is 0 Å². The highest BCUT2D eigenvalue weighted by Crippen LogP contribution is 2.12. The van der Waals surface area contributed by atoms with Gasteiger partial charge < -0.3 is 4.42 Å². The summed E-state index contributed by atoms with van der Waals surface area (Å²) >= 11 is 0. The van der Waals surface area contributed by atoms with Gasteiger partial charge in [0.1, 0.15) is 5.76 Å². The van der Waals surface area contributed by atoms with E-state index in [1.54, 1.807) is 30.6 Å². The van der Waals surface area contributed by atoms with Gasteiger partial charge in [-0.2, -0.15) is 0 Å². The van der Waals surface area contributed by atoms with Crippen molar-refractivity contribution in [3.63, 3.8) is 0 Å². The van der Waals surface area contributed by atoms with Gasteiger partial charge >= 0.3 is 0 Å². The lowest BCUT2D eigenvalue weighted by Crippen LogP contribution is -1.97. The first-order chi connectivity index (χ1) is 6.36. The van der Waals surface area contributed by atoms with Gasteiger partial charge in [-0.25, -0.2) is 0 Å². The van der Waals surface area contributed by atoms with Crippen LogP contribution in [0.3, 0.4) is 0 Å². The molecule has 13 heavy (non-hydrogen) atoms. The average molecular weight is 172 g/mol. The molecule has 0 N–H and O–H groups in total. The van der Waals surface area contributed by atoms with Crippen molar-refractivity contribution in [2.45, 2.75) is 0 Å². The molecule has 1 aromatic rings. The van der Waals surface area contributed by atoms with Crippen molar-refractivity contribution in [1.29, 1.82) is 0 Å². The summed E-state index contributed by atoms with van der Waals surface area (Å²) in [5.41, 5.74) is 0.650. The molecule has 0 fully saturated rings. The standard InChI is InChI=1S/C11H8O2/c12-11-6-2-1-4-9(11)8-10-5-3-7-13-10/h1-8H/b9-8-. The van der Waals surface area contributed by atoms with Crippen molar-refractivity contribution < 1.29 is 9.21 Å². The Morgan fingerprint density at radius 1 is 1.23 bits per heavy atom. The van der Waals surface area contributed by atoms with E-state index in [-0.39, 0.29) is 5.78 Å². The predicted octanol–water partition coefficient (Wildman–Crippen LogP) is 2.36. The van der Waals surface area contributed by atoms with Crippen LogP contribution in [0.25, 0.3) is 6.08 Å². The number of rotatable bonds is 1. The minimum Gasteiger partial charge on any atom is -0.465 e. The van der Waals surface area contributed by atoms with E-state index < -0.39 is 0 Å². The highest BCUT2D eigenvalue weighted by molar-refractivity contribution is 6.10. The molecule has 0 aliphatic heterocycles. The number of hydrogen-bond acceptors (Lipinski definition) is 2. The first-order valence-electron chi connectivity index (χ1n) is 4.00. The summed E-state index contributed by atoms with van der Waals surface area (Å²) in [6, 6.07) is 3.60. The summed E-state index contributed by atoms with van der Waals surface area (Å²) in [4.78, 5) is 11.3. The van der Waals surface area contributed by atoms with Gasteiger partial charge in [-0.1, -0.05) is 18.2 Å². The van der Waals surface area contributed by atoms with Crippen LogP contribution in [-0.2, 0) is 4.79 Å². The summed E-state index contributed by atoms with van der Waals surface area (Å²) in [7, 11) is 0. The van der Waals surface area contributed by atoms with Gasteiger partial charge in [0.15, 0.2) is 5.78 Å². The van der Waals surface area contributed by atoms with Crippen LogP contribution in [0.5, 0.6) is 0 Å². The molecule has 2 nitrogen and oxygen atoms in total. The zero-order valence-corrected chi connectivity index (χ0v) is 6.94. The van der Waals surface area contributed by atoms with Crippen LogP contribution in [0.1, 0.15) is 5.76 Å². The summed E-state index contributed by atoms with van der Waals surface area (Å²) < 4.78 is 5.10. The molecule has 0 saturated heterocycles. The molecule has 0 bridgehead atoms. The Balaban J connectivity index is 2.31. The second kappa shape index (κ2) is 3.27. The van der Waals surface area contributed by atoms with E-state index in [0.29, 0.717) is 11.3 Å². The lowest BCUT2D eigenvalue weighted by atomic mass is 10.1. The number of hydrogen-bond donors (Lipinski definition) is 0. The van der Waals surface area contributed by atoms with Crippen molar-refractivity contribution in [2.24, 2.45) is 0 Å². The smallest absolute Gasteiger partial charge is 0.185 e. The fourth-order valence-electron chi connectivity index (χ4n) is 1.13. The molecule has 0 amide bonds. The Morgan fingerprint density at radius 2 is 2.08 bits per heavy atom. The fraction of sp³-hybridized carbons (Fsp3) is 0. The monoisotopic (exact) mass is 172 g/mol. The van der Waals surface area contributed by atoms with Gasteiger partial charge in [0.05, 0.1) is 6.26 Å². The zero-order valence-electron chi connectivity index (χ0n) is 6.94. The molecule has 0 saturated carbocycles. The van der Waals surface area contributed by atoms with Crippen molar-refractivity contribution in [2.75, 3.05) is 0 Å². The Kier molecular flexibility index (Phi) is 1.96. The molecule has 1 aromatic heterocycles. The highest BCUT2D eigenvalue weighted by atomic mass is 16.3. The van der Waals surface area contributed by atoms with Gasteiger partial charge in [-0.3, -0.25) is 4.79 Å². The summed E-state index contributed by atoms with van der Waals surface area (Å²) in [5, 5.41) is 0. The average Bonchev–Trinajstić information content (AvgIpc) is 2.61. The SMILES string of the molecule is O=C1C=CC=C/C1=C/c1ccco1. The molecule has 64 valence electrons. The third-order valence-corrected chi connectivity index (χ3v) is 1.76. The molecule has 2 rings (SSSR count). The van der Waals surface area contributed by atoms with E-state index in [1.165, 1.54) is 6.08 Å². The molecule has 0 aromatic carbocycles. The first kappa shape index (κ1) is 7.80. The Bertz CT molecular complexity index is 392. The van der Waals surface area contributed by atoms with E-state index in [9.17, 15) is 4.79 Å². The third kappa shape index (κ3) is 1.67. The Labute approximate surface area is 75.9 Å². The Hall–Kier alpha value is -1.83. The van der Waals surface area contributed by atoms with E-state index in [2.05, 4.69) is 0 Å². The topological polar surface area (TPSA) is 30.2 Å². The zero-order chi connectivity index (χ0) is 9.10. The van der Waals surface area contributed by atoms with Crippen LogP contribution < -0.4 is 0 Å². The normalized spacial score (nSPS) is 18.5. The molecular weight excluding hydrogens is 164 g/mol. The van der Waals surface area contributed by atoms with Crippen LogP contribution in [-0.4, -0.2) is 5.78 Å². The number of furan rings is 1. The Morgan fingerprint density at radius 3 is 2.77 bits per heavy atom. The van der Waals surface area contributed by atoms with E-state index in [0.717, 1.165) is 0 Å². The van der Waals surface area contributed by atoms with Crippen molar-refractivity contribution in [1.82, 2.24) is 0 Å². The fourth-order valence-corrected chi connectivity index (χ4v) is 1.13. The lowest BCUT2D eigenvalue weighted by molar-refractivity contribution is -0.111. The van der Waals surface area contributed by atoms with Crippen LogP contribution in [0.2, 0.25) is 0 Å². The molecule has 2 heteroatoms. The van der Waals surface area contributed by atoms with Gasteiger partial charge in [0.2, 0.25) is 0 Å². The molecular formula is C11H8O2. The quantitative estimate of drug-likeness (QED) is 0.608. The van der Waals surface area contributed by atoms with Crippen molar-refractivity contribution >= 4 is 11.9 Å². The largest absolute Gasteiger partial charge is 0.465 e. The molecule has 0 atom stereocenters. The molecule has 0 spiro atoms. The third-order valence-electron chi connectivity index (χ3n) is 1.76. The number of allylic oxidation sites excluding steroid dienone is 5. The van der Waals surface area contributed by atoms with Gasteiger partial charge in [-0.05, 0) is 24.3 Å². The van der Waals surface area contributed by atoms with Crippen LogP contribution in [0.15, 0.2) is 52.7 Å². The molecule has 1 aliphatic rings. The summed E-state index contributed by atoms with van der Waals surface area (Å²) in [6.45, 7) is 0. The summed E-state index contributed by atoms with van der Waals surface area (Å²) in [6.07, 6.45) is 10.2. The maximum absolute atomic E-state index is 11.3. The lowest BCUT2D eigenvalue weighted by Gasteiger charge is -1.98. The molecule has 0 unspecified atom stereocenters. The maximum atomic E-state index is 11.3. The number of ketones is 1. The minimum atomic E-state index is 0.0129. The van der Waals surface area contributed by atoms with Crippen LogP contribution in [0, 0.1) is 0 Å². The molecule has 0 radical (unpaired) electrons. The van der Waals surface area contributed by atoms with Gasteiger partial charge in [-0.15, -0.1) is 0 Å². The number of carbonyl (C=O) groups is 1. The summed E-state index contributed by atoms with van der Waals surface area (Å²) in [5.74, 6) is 0.710. The van der Waals surface area contributed by atoms with Crippen LogP contribution >= 0.6 is 0 Å². The minimum absolute atomic E-state index is 0.0129. The second-order valence-electron chi connectivity index (χ2n) is 2.70. The predicted molar refractivity (Wildman–Crippen MR) is 50.0 cm³/mol. The second-order valence-corrected chi connectivity index (χ2v) is 2.70. The van der Waals surface area contributed by atoms with Crippen molar-refractivity contribution in [3.05, 3.63) is 54.0 Å². The molecule has 1 heterocycles. The maximum Gasteiger partial charge on any atom is 0.185 e. The number of carbonyl (C=O) groups excluding carboxylic acids is 1. The van der Waals surface area contributed by atoms with E-state index in [1.807, 2.05) is 12.1 Å². The first-order valence-corrected chi connectivity index (χ1v) is 4.00. The molecule has 1 aliphatic carbocycles. The van der Waals surface area contributed by atoms with Gasteiger partial charge in [0, 0.05) is 5.57 Å². The van der Waals surface area contributed by atoms with Crippen LogP contribution in [0.4, 0.5) is 0 Å².